The molecule has 0 spiro atoms. The maximum atomic E-state index is 12.9. The number of nitrogens with zero attached hydrogens (tertiary/aromatic N) is 3. The Labute approximate surface area is 128 Å². The van der Waals surface area contributed by atoms with Gasteiger partial charge < -0.3 is 5.32 Å². The van der Waals surface area contributed by atoms with E-state index in [0.717, 1.165) is 16.8 Å². The predicted molar refractivity (Wildman–Crippen MR) is 78.0 cm³/mol. The molecule has 3 rings (SSSR count). The van der Waals surface area contributed by atoms with Crippen molar-refractivity contribution >= 4 is 17.0 Å². The summed E-state index contributed by atoms with van der Waals surface area (Å²) in [7, 11) is 0. The fourth-order valence-electron chi connectivity index (χ4n) is 2.01. The molecule has 0 fully saturated rings. The quantitative estimate of drug-likeness (QED) is 0.790. The van der Waals surface area contributed by atoms with Crippen molar-refractivity contribution in [2.45, 2.75) is 12.7 Å². The predicted octanol–water partition coefficient (Wildman–Crippen LogP) is 3.96. The summed E-state index contributed by atoms with van der Waals surface area (Å²) >= 11 is 1.43. The van der Waals surface area contributed by atoms with Crippen LogP contribution in [0.4, 0.5) is 18.9 Å². The monoisotopic (exact) mass is 324 g/mol. The Morgan fingerprint density at radius 3 is 2.77 bits per heavy atom. The maximum absolute atomic E-state index is 12.9. The normalized spacial score (nSPS) is 11.6. The molecular weight excluding hydrogens is 313 g/mol. The lowest BCUT2D eigenvalue weighted by Crippen LogP contribution is -2.11. The lowest BCUT2D eigenvalue weighted by molar-refractivity contribution is -0.138. The zero-order valence-corrected chi connectivity index (χ0v) is 12.0. The summed E-state index contributed by atoms with van der Waals surface area (Å²) < 4.78 is 40.4. The Balaban J connectivity index is 1.74. The van der Waals surface area contributed by atoms with Crippen molar-refractivity contribution in [3.8, 4) is 5.00 Å². The van der Waals surface area contributed by atoms with E-state index in [4.69, 9.17) is 0 Å². The average Bonchev–Trinajstić information content (AvgIpc) is 3.15. The molecule has 1 N–H and O–H groups in total. The van der Waals surface area contributed by atoms with Gasteiger partial charge in [-0.3, -0.25) is 0 Å². The Bertz CT molecular complexity index is 750. The van der Waals surface area contributed by atoms with E-state index in [2.05, 4.69) is 15.4 Å². The van der Waals surface area contributed by atoms with E-state index in [9.17, 15) is 13.2 Å². The second kappa shape index (κ2) is 5.80. The van der Waals surface area contributed by atoms with Crippen molar-refractivity contribution in [2.75, 3.05) is 5.32 Å². The summed E-state index contributed by atoms with van der Waals surface area (Å²) in [5.74, 6) is 0. The summed E-state index contributed by atoms with van der Waals surface area (Å²) in [6, 6.07) is 7.36. The molecule has 0 unspecified atom stereocenters. The van der Waals surface area contributed by atoms with Gasteiger partial charge in [-0.1, -0.05) is 18.2 Å². The van der Waals surface area contributed by atoms with E-state index in [1.165, 1.54) is 29.8 Å². The molecule has 2 heterocycles. The second-order valence-electron chi connectivity index (χ2n) is 4.52. The largest absolute Gasteiger partial charge is 0.416 e. The molecule has 0 radical (unpaired) electrons. The third-order valence-electron chi connectivity index (χ3n) is 3.04. The molecule has 0 aliphatic carbocycles. The second-order valence-corrected chi connectivity index (χ2v) is 5.41. The van der Waals surface area contributed by atoms with Crippen molar-refractivity contribution in [1.82, 2.24) is 14.8 Å². The number of halogens is 3. The molecule has 22 heavy (non-hydrogen) atoms. The molecule has 0 saturated heterocycles. The number of alkyl halides is 3. The highest BCUT2D eigenvalue weighted by atomic mass is 32.1. The Morgan fingerprint density at radius 2 is 2.05 bits per heavy atom. The number of hydrogen-bond acceptors (Lipinski definition) is 4. The van der Waals surface area contributed by atoms with E-state index in [-0.39, 0.29) is 12.1 Å². The molecule has 114 valence electrons. The van der Waals surface area contributed by atoms with Crippen LogP contribution in [-0.4, -0.2) is 14.8 Å². The van der Waals surface area contributed by atoms with Crippen LogP contribution in [0.1, 0.15) is 11.1 Å². The van der Waals surface area contributed by atoms with Crippen LogP contribution >= 0.6 is 11.3 Å². The molecule has 0 amide bonds. The van der Waals surface area contributed by atoms with Gasteiger partial charge in [-0.05, 0) is 17.7 Å². The van der Waals surface area contributed by atoms with E-state index in [1.807, 2.05) is 11.4 Å². The van der Waals surface area contributed by atoms with Crippen molar-refractivity contribution in [3.05, 3.63) is 59.5 Å². The number of rotatable bonds is 4. The van der Waals surface area contributed by atoms with E-state index in [1.54, 1.807) is 17.1 Å². The first kappa shape index (κ1) is 14.6. The smallest absolute Gasteiger partial charge is 0.380 e. The first-order valence-corrected chi connectivity index (χ1v) is 7.24. The van der Waals surface area contributed by atoms with Crippen LogP contribution in [-0.2, 0) is 12.7 Å². The number of hydrogen-bond donors (Lipinski definition) is 1. The highest BCUT2D eigenvalue weighted by molar-refractivity contribution is 7.13. The summed E-state index contributed by atoms with van der Waals surface area (Å²) in [6.45, 7) is 0.100. The highest BCUT2D eigenvalue weighted by Gasteiger charge is 2.32. The number of aromatic nitrogens is 3. The Hall–Kier alpha value is -2.35. The van der Waals surface area contributed by atoms with Gasteiger partial charge in [-0.15, -0.1) is 11.3 Å². The lowest BCUT2D eigenvalue weighted by Gasteiger charge is -2.13. The average molecular weight is 324 g/mol. The molecule has 0 bridgehead atoms. The number of thiophene rings is 1. The fraction of sp³-hybridized carbons (Fsp3) is 0.143. The molecule has 1 aromatic carbocycles. The van der Waals surface area contributed by atoms with Gasteiger partial charge in [0.25, 0.3) is 0 Å². The summed E-state index contributed by atoms with van der Waals surface area (Å²) in [6.07, 6.45) is -1.36. The number of benzene rings is 1. The minimum atomic E-state index is -4.35. The third kappa shape index (κ3) is 3.11. The van der Waals surface area contributed by atoms with Gasteiger partial charge in [0, 0.05) is 17.6 Å². The van der Waals surface area contributed by atoms with Crippen molar-refractivity contribution in [3.63, 3.8) is 0 Å². The first-order valence-electron chi connectivity index (χ1n) is 6.36. The van der Waals surface area contributed by atoms with Crippen LogP contribution in [0.2, 0.25) is 0 Å². The summed E-state index contributed by atoms with van der Waals surface area (Å²) in [5, 5.41) is 9.67. The maximum Gasteiger partial charge on any atom is 0.416 e. The summed E-state index contributed by atoms with van der Waals surface area (Å²) in [5.41, 5.74) is 0.338. The van der Waals surface area contributed by atoms with Crippen LogP contribution in [0, 0.1) is 0 Å². The molecule has 3 aromatic rings. The molecule has 8 heteroatoms. The van der Waals surface area contributed by atoms with Gasteiger partial charge in [-0.25, -0.2) is 9.67 Å². The molecule has 0 aliphatic rings. The van der Waals surface area contributed by atoms with Crippen molar-refractivity contribution in [2.24, 2.45) is 0 Å². The molecule has 4 nitrogen and oxygen atoms in total. The summed E-state index contributed by atoms with van der Waals surface area (Å²) in [4.78, 5) is 3.85. The van der Waals surface area contributed by atoms with Gasteiger partial charge >= 0.3 is 6.18 Å². The van der Waals surface area contributed by atoms with E-state index < -0.39 is 11.7 Å². The minimum Gasteiger partial charge on any atom is -0.380 e. The van der Waals surface area contributed by atoms with Crippen LogP contribution in [0.25, 0.3) is 5.00 Å². The standard InChI is InChI=1S/C14H11F3N4S/c15-14(16,17)12-4-2-1-3-10(12)6-19-11-5-13(22-7-11)21-9-18-8-20-21/h1-5,7-9,19H,6H2. The van der Waals surface area contributed by atoms with Crippen LogP contribution in [0.5, 0.6) is 0 Å². The van der Waals surface area contributed by atoms with Gasteiger partial charge in [0.2, 0.25) is 0 Å². The zero-order chi connectivity index (χ0) is 15.6. The third-order valence-corrected chi connectivity index (χ3v) is 3.95. The molecule has 0 saturated carbocycles. The van der Waals surface area contributed by atoms with Crippen molar-refractivity contribution in [1.29, 1.82) is 0 Å². The molecular formula is C14H11F3N4S. The molecule has 0 aliphatic heterocycles. The van der Waals surface area contributed by atoms with Crippen LogP contribution in [0.3, 0.4) is 0 Å². The van der Waals surface area contributed by atoms with Gasteiger partial charge in [0.05, 0.1) is 5.56 Å². The Morgan fingerprint density at radius 1 is 1.23 bits per heavy atom. The SMILES string of the molecule is FC(F)(F)c1ccccc1CNc1csc(-n2cncn2)c1. The van der Waals surface area contributed by atoms with E-state index in [0.29, 0.717) is 0 Å². The Kier molecular flexibility index (Phi) is 3.84. The lowest BCUT2D eigenvalue weighted by atomic mass is 10.1. The van der Waals surface area contributed by atoms with E-state index >= 15 is 0 Å². The van der Waals surface area contributed by atoms with Crippen LogP contribution in [0.15, 0.2) is 48.4 Å². The topological polar surface area (TPSA) is 42.7 Å². The van der Waals surface area contributed by atoms with Gasteiger partial charge in [0.15, 0.2) is 0 Å². The number of nitrogens with one attached hydrogen (secondary N) is 1. The fourth-order valence-corrected chi connectivity index (χ4v) is 2.80. The molecule has 2 aromatic heterocycles. The van der Waals surface area contributed by atoms with Gasteiger partial charge in [0.1, 0.15) is 17.7 Å². The van der Waals surface area contributed by atoms with Crippen LogP contribution < -0.4 is 5.32 Å². The molecule has 0 atom stereocenters. The highest BCUT2D eigenvalue weighted by Crippen LogP contribution is 2.32. The zero-order valence-electron chi connectivity index (χ0n) is 11.2. The first-order chi connectivity index (χ1) is 10.5. The van der Waals surface area contributed by atoms with Gasteiger partial charge in [-0.2, -0.15) is 18.3 Å². The van der Waals surface area contributed by atoms with Crippen molar-refractivity contribution < 1.29 is 13.2 Å². The minimum absolute atomic E-state index is 0.100. The number of anilines is 1.